The molecule has 9 heteroatoms. The van der Waals surface area contributed by atoms with Gasteiger partial charge in [0.2, 0.25) is 5.91 Å². The first-order valence-corrected chi connectivity index (χ1v) is 11.6. The van der Waals surface area contributed by atoms with Gasteiger partial charge in [0, 0.05) is 28.3 Å². The van der Waals surface area contributed by atoms with Gasteiger partial charge >= 0.3 is 0 Å². The fourth-order valence-corrected chi connectivity index (χ4v) is 4.56. The Kier molecular flexibility index (Phi) is 7.92. The van der Waals surface area contributed by atoms with Crippen LogP contribution < -0.4 is 10.0 Å². The zero-order chi connectivity index (χ0) is 21.5. The summed E-state index contributed by atoms with van der Waals surface area (Å²) >= 11 is -0.798. The number of aryl methyl sites for hydroxylation is 1. The Morgan fingerprint density at radius 2 is 2.23 bits per heavy atom. The number of nitrogens with zero attached hydrogens (tertiary/aromatic N) is 1. The summed E-state index contributed by atoms with van der Waals surface area (Å²) in [7, 11) is 0. The average Bonchev–Trinajstić information content (AvgIpc) is 3.19. The molecule has 1 amide bonds. The van der Waals surface area contributed by atoms with E-state index in [9.17, 15) is 18.7 Å². The molecule has 0 fully saturated rings. The van der Waals surface area contributed by atoms with E-state index in [1.165, 1.54) is 11.3 Å². The van der Waals surface area contributed by atoms with E-state index in [4.69, 9.17) is 0 Å². The van der Waals surface area contributed by atoms with Crippen LogP contribution in [0.25, 0.3) is 0 Å². The van der Waals surface area contributed by atoms with Gasteiger partial charge in [0.1, 0.15) is 10.8 Å². The fraction of sp³-hybridized carbons (Fsp3) is 0.333. The van der Waals surface area contributed by atoms with Gasteiger partial charge in [-0.2, -0.15) is 0 Å². The van der Waals surface area contributed by atoms with E-state index >= 15 is 0 Å². The van der Waals surface area contributed by atoms with Gasteiger partial charge in [-0.05, 0) is 30.9 Å². The molecule has 0 radical (unpaired) electrons. The molecule has 1 aromatic carbocycles. The molecule has 1 aromatic heterocycles. The summed E-state index contributed by atoms with van der Waals surface area (Å²) < 4.78 is 24.0. The minimum absolute atomic E-state index is 0.0748. The number of allylic oxidation sites excluding steroid dienone is 1. The largest absolute Gasteiger partial charge is 0.760 e. The van der Waals surface area contributed by atoms with E-state index in [1.807, 2.05) is 30.5 Å². The van der Waals surface area contributed by atoms with Crippen LogP contribution in [0.15, 0.2) is 53.4 Å². The normalized spacial score (nSPS) is 17.9. The predicted molar refractivity (Wildman–Crippen MR) is 116 cm³/mol. The van der Waals surface area contributed by atoms with Crippen molar-refractivity contribution in [2.45, 2.75) is 44.7 Å². The second-order valence-electron chi connectivity index (χ2n) is 6.99. The highest BCUT2D eigenvalue weighted by molar-refractivity contribution is 7.77. The van der Waals surface area contributed by atoms with Crippen molar-refractivity contribution in [2.24, 2.45) is 0 Å². The molecule has 160 valence electrons. The Morgan fingerprint density at radius 1 is 1.43 bits per heavy atom. The SMILES string of the molecule is CCc1csc([C@H](CC2=CCC(NS(=O)[O-])C=C2)NC(=O)Cc2ccccc2O)n1. The van der Waals surface area contributed by atoms with Crippen molar-refractivity contribution in [3.63, 3.8) is 0 Å². The third kappa shape index (κ3) is 6.33. The highest BCUT2D eigenvalue weighted by atomic mass is 32.2. The number of carbonyl (C=O) groups is 1. The summed E-state index contributed by atoms with van der Waals surface area (Å²) in [6.07, 6.45) is 7.66. The Hall–Kier alpha value is -2.33. The van der Waals surface area contributed by atoms with Crippen molar-refractivity contribution < 1.29 is 18.7 Å². The number of phenolic OH excluding ortho intramolecular Hbond substituents is 1. The molecule has 2 unspecified atom stereocenters. The highest BCUT2D eigenvalue weighted by Gasteiger charge is 2.21. The smallest absolute Gasteiger partial charge is 0.225 e. The van der Waals surface area contributed by atoms with Gasteiger partial charge in [0.15, 0.2) is 0 Å². The first-order valence-electron chi connectivity index (χ1n) is 9.67. The van der Waals surface area contributed by atoms with Gasteiger partial charge in [-0.15, -0.1) is 11.3 Å². The fourth-order valence-electron chi connectivity index (χ4n) is 3.19. The standard InChI is InChI=1S/C21H25N3O4S2/c1-2-16-13-29-21(22-16)18(11-14-7-9-17(10-8-14)24-30(27)28)23-20(26)12-15-5-3-4-6-19(15)25/h3-9,13,17-18,24-25H,2,10-12H2,1H3,(H,23,26)(H,27,28)/p-1/t17?,18-/m0/s1. The number of phenols is 1. The van der Waals surface area contributed by atoms with Crippen LogP contribution in [0.1, 0.15) is 42.1 Å². The lowest BCUT2D eigenvalue weighted by Gasteiger charge is -2.22. The lowest BCUT2D eigenvalue weighted by molar-refractivity contribution is -0.121. The number of hydrogen-bond donors (Lipinski definition) is 3. The van der Waals surface area contributed by atoms with E-state index < -0.39 is 11.3 Å². The van der Waals surface area contributed by atoms with Crippen LogP contribution in [0, 0.1) is 0 Å². The number of para-hydroxylation sites is 1. The van der Waals surface area contributed by atoms with E-state index in [-0.39, 0.29) is 30.2 Å². The molecule has 0 bridgehead atoms. The summed E-state index contributed by atoms with van der Waals surface area (Å²) in [6, 6.07) is 6.22. The summed E-state index contributed by atoms with van der Waals surface area (Å²) in [6.45, 7) is 2.03. The average molecular weight is 447 g/mol. The summed E-state index contributed by atoms with van der Waals surface area (Å²) in [5.41, 5.74) is 2.55. The van der Waals surface area contributed by atoms with E-state index in [0.29, 0.717) is 18.4 Å². The number of thiazole rings is 1. The number of nitrogens with one attached hydrogen (secondary N) is 2. The van der Waals surface area contributed by atoms with Crippen molar-refractivity contribution in [1.29, 1.82) is 0 Å². The minimum Gasteiger partial charge on any atom is -0.760 e. The van der Waals surface area contributed by atoms with Gasteiger partial charge in [-0.1, -0.05) is 43.4 Å². The Bertz CT molecular complexity index is 971. The number of amides is 1. The van der Waals surface area contributed by atoms with Crippen LogP contribution in [0.5, 0.6) is 5.75 Å². The molecule has 3 N–H and O–H groups in total. The van der Waals surface area contributed by atoms with Crippen LogP contribution >= 0.6 is 11.3 Å². The summed E-state index contributed by atoms with van der Waals surface area (Å²) in [5, 5.41) is 15.8. The first kappa shape index (κ1) is 22.4. The van der Waals surface area contributed by atoms with Gasteiger partial charge in [-0.25, -0.2) is 9.71 Å². The number of rotatable bonds is 9. The van der Waals surface area contributed by atoms with Crippen LogP contribution in [-0.2, 0) is 28.9 Å². The van der Waals surface area contributed by atoms with Crippen LogP contribution in [0.3, 0.4) is 0 Å². The predicted octanol–water partition coefficient (Wildman–Crippen LogP) is 2.84. The lowest BCUT2D eigenvalue weighted by Crippen LogP contribution is -2.31. The maximum Gasteiger partial charge on any atom is 0.225 e. The van der Waals surface area contributed by atoms with Gasteiger partial charge < -0.3 is 15.0 Å². The molecule has 0 saturated heterocycles. The minimum atomic E-state index is -2.31. The molecule has 1 heterocycles. The Morgan fingerprint density at radius 3 is 2.87 bits per heavy atom. The maximum atomic E-state index is 12.7. The molecule has 1 aliphatic carbocycles. The van der Waals surface area contributed by atoms with Crippen LogP contribution in [0.4, 0.5) is 0 Å². The molecule has 1 aliphatic rings. The van der Waals surface area contributed by atoms with Gasteiger partial charge in [-0.3, -0.25) is 9.00 Å². The molecule has 7 nitrogen and oxygen atoms in total. The number of aromatic hydroxyl groups is 1. The summed E-state index contributed by atoms with van der Waals surface area (Å²) in [5.74, 6) is -0.102. The first-order chi connectivity index (χ1) is 14.4. The Labute approximate surface area is 182 Å². The number of benzene rings is 1. The van der Waals surface area contributed by atoms with Crippen molar-refractivity contribution in [2.75, 3.05) is 0 Å². The second kappa shape index (κ2) is 10.6. The Balaban J connectivity index is 1.70. The molecule has 3 atom stereocenters. The molecule has 0 spiro atoms. The summed E-state index contributed by atoms with van der Waals surface area (Å²) in [4.78, 5) is 17.3. The van der Waals surface area contributed by atoms with Crippen molar-refractivity contribution >= 4 is 28.5 Å². The molecular weight excluding hydrogens is 422 g/mol. The quantitative estimate of drug-likeness (QED) is 0.513. The third-order valence-corrected chi connectivity index (χ3v) is 6.27. The van der Waals surface area contributed by atoms with Crippen molar-refractivity contribution in [3.8, 4) is 5.75 Å². The van der Waals surface area contributed by atoms with E-state index in [1.54, 1.807) is 24.3 Å². The van der Waals surface area contributed by atoms with Crippen molar-refractivity contribution in [3.05, 3.63) is 69.7 Å². The maximum absolute atomic E-state index is 12.7. The molecule has 0 saturated carbocycles. The van der Waals surface area contributed by atoms with E-state index in [2.05, 4.69) is 15.0 Å². The second-order valence-corrected chi connectivity index (χ2v) is 8.59. The molecule has 0 aliphatic heterocycles. The highest BCUT2D eigenvalue weighted by Crippen LogP contribution is 2.28. The van der Waals surface area contributed by atoms with Crippen LogP contribution in [0.2, 0.25) is 0 Å². The van der Waals surface area contributed by atoms with Crippen LogP contribution in [-0.4, -0.2) is 30.8 Å². The topological polar surface area (TPSA) is 114 Å². The van der Waals surface area contributed by atoms with Gasteiger partial charge in [0.25, 0.3) is 0 Å². The number of hydrogen-bond acceptors (Lipinski definition) is 6. The molecular formula is C21H24N3O4S2-. The molecule has 30 heavy (non-hydrogen) atoms. The van der Waals surface area contributed by atoms with Gasteiger partial charge in [0.05, 0.1) is 18.2 Å². The monoisotopic (exact) mass is 446 g/mol. The third-order valence-electron chi connectivity index (χ3n) is 4.77. The number of aromatic nitrogens is 1. The van der Waals surface area contributed by atoms with Crippen molar-refractivity contribution in [1.82, 2.24) is 15.0 Å². The zero-order valence-corrected chi connectivity index (χ0v) is 18.2. The molecule has 3 rings (SSSR count). The number of carbonyl (C=O) groups excluding carboxylic acids is 1. The van der Waals surface area contributed by atoms with E-state index in [0.717, 1.165) is 22.7 Å². The molecule has 2 aromatic rings. The lowest BCUT2D eigenvalue weighted by atomic mass is 9.98. The zero-order valence-electron chi connectivity index (χ0n) is 16.5.